The number of hydrogen-bond acceptors (Lipinski definition) is 5. The lowest BCUT2D eigenvalue weighted by Gasteiger charge is -2.29. The zero-order valence-electron chi connectivity index (χ0n) is 21.9. The highest BCUT2D eigenvalue weighted by Gasteiger charge is 2.36. The number of alkyl halides is 6. The van der Waals surface area contributed by atoms with Gasteiger partial charge in [0.05, 0.1) is 11.1 Å². The lowest BCUT2D eigenvalue weighted by Crippen LogP contribution is -2.36. The third kappa shape index (κ3) is 6.67. The highest BCUT2D eigenvalue weighted by atomic mass is 32.2. The molecule has 0 fully saturated rings. The van der Waals surface area contributed by atoms with E-state index in [2.05, 4.69) is 4.74 Å². The fourth-order valence-corrected chi connectivity index (χ4v) is 6.23. The molecule has 0 spiro atoms. The normalized spacial score (nSPS) is 14.2. The molecule has 0 saturated carbocycles. The summed E-state index contributed by atoms with van der Waals surface area (Å²) in [6, 6.07) is 19.7. The maximum atomic E-state index is 13.2. The molecular weight excluding hydrogens is 600 g/mol. The summed E-state index contributed by atoms with van der Waals surface area (Å²) >= 11 is 0. The molecule has 0 aromatic heterocycles. The van der Waals surface area contributed by atoms with Crippen molar-refractivity contribution in [3.05, 3.63) is 113 Å². The summed E-state index contributed by atoms with van der Waals surface area (Å²) in [6.07, 6.45) is -9.40. The third-order valence-electron chi connectivity index (χ3n) is 6.73. The fourth-order valence-electron chi connectivity index (χ4n) is 4.70. The predicted molar refractivity (Wildman–Crippen MR) is 143 cm³/mol. The Hall–Kier alpha value is -4.36. The Kier molecular flexibility index (Phi) is 7.97. The predicted octanol–water partition coefficient (Wildman–Crippen LogP) is 7.24. The number of halogens is 6. The Balaban J connectivity index is 1.33. The molecule has 43 heavy (non-hydrogen) atoms. The first-order valence-corrected chi connectivity index (χ1v) is 14.1. The number of fused-ring (bicyclic) bond motifs is 1. The molecule has 5 rings (SSSR count). The minimum atomic E-state index is -5.08. The first-order valence-electron chi connectivity index (χ1n) is 12.7. The van der Waals surface area contributed by atoms with Gasteiger partial charge in [0.1, 0.15) is 16.4 Å². The molecule has 4 aromatic carbocycles. The maximum Gasteiger partial charge on any atom is 0.573 e. The van der Waals surface area contributed by atoms with Gasteiger partial charge < -0.3 is 9.47 Å². The zero-order valence-corrected chi connectivity index (χ0v) is 22.8. The first-order chi connectivity index (χ1) is 20.2. The van der Waals surface area contributed by atoms with Crippen LogP contribution in [-0.4, -0.2) is 31.6 Å². The minimum Gasteiger partial charge on any atom is -0.423 e. The van der Waals surface area contributed by atoms with Crippen molar-refractivity contribution in [2.24, 2.45) is 0 Å². The van der Waals surface area contributed by atoms with Crippen LogP contribution in [0.1, 0.15) is 27.0 Å². The van der Waals surface area contributed by atoms with Crippen LogP contribution in [0.3, 0.4) is 0 Å². The van der Waals surface area contributed by atoms with Crippen LogP contribution < -0.4 is 9.47 Å². The number of para-hydroxylation sites is 1. The van der Waals surface area contributed by atoms with Gasteiger partial charge in [-0.15, -0.1) is 13.2 Å². The standard InChI is InChI=1S/C30H21F6NO5S/c31-29(32,33)22-12-9-19(10-13-22)24-5-1-2-6-25(24)28(38)41-23-14-11-21-18-37(16-15-20(21)17-23)43(39,40)27-8-4-3-7-26(27)42-30(34,35)36/h1-14,17H,15-16,18H2. The van der Waals surface area contributed by atoms with Gasteiger partial charge in [-0.05, 0) is 71.1 Å². The molecule has 6 nitrogen and oxygen atoms in total. The Morgan fingerprint density at radius 3 is 2.16 bits per heavy atom. The van der Waals surface area contributed by atoms with Crippen molar-refractivity contribution in [2.75, 3.05) is 6.54 Å². The van der Waals surface area contributed by atoms with Gasteiger partial charge in [0.25, 0.3) is 0 Å². The summed E-state index contributed by atoms with van der Waals surface area (Å²) in [7, 11) is -4.35. The van der Waals surface area contributed by atoms with Crippen molar-refractivity contribution < 1.29 is 49.0 Å². The molecule has 1 aliphatic rings. The van der Waals surface area contributed by atoms with Gasteiger partial charge in [0, 0.05) is 13.1 Å². The van der Waals surface area contributed by atoms with Gasteiger partial charge in [0.2, 0.25) is 10.0 Å². The Bertz CT molecular complexity index is 1770. The molecule has 224 valence electrons. The van der Waals surface area contributed by atoms with Crippen LogP contribution in [0.4, 0.5) is 26.3 Å². The summed E-state index contributed by atoms with van der Waals surface area (Å²) in [5.41, 5.74) is 1.29. The van der Waals surface area contributed by atoms with Crippen LogP contribution in [0, 0.1) is 0 Å². The van der Waals surface area contributed by atoms with E-state index in [1.54, 1.807) is 30.3 Å². The van der Waals surface area contributed by atoms with E-state index >= 15 is 0 Å². The number of carbonyl (C=O) groups excluding carboxylic acids is 1. The van der Waals surface area contributed by atoms with Crippen LogP contribution in [0.5, 0.6) is 11.5 Å². The lowest BCUT2D eigenvalue weighted by atomic mass is 9.98. The van der Waals surface area contributed by atoms with E-state index in [1.807, 2.05) is 0 Å². The number of carbonyl (C=O) groups is 1. The fraction of sp³-hybridized carbons (Fsp3) is 0.167. The summed E-state index contributed by atoms with van der Waals surface area (Å²) in [5, 5.41) is 0. The SMILES string of the molecule is O=C(Oc1ccc2c(c1)CCN(S(=O)(=O)c1ccccc1OC(F)(F)F)C2)c1ccccc1-c1ccc(C(F)(F)F)cc1. The summed E-state index contributed by atoms with van der Waals surface area (Å²) in [4.78, 5) is 12.5. The highest BCUT2D eigenvalue weighted by Crippen LogP contribution is 2.35. The van der Waals surface area contributed by atoms with Crippen molar-refractivity contribution in [2.45, 2.75) is 30.4 Å². The van der Waals surface area contributed by atoms with Crippen molar-refractivity contribution in [3.63, 3.8) is 0 Å². The average molecular weight is 622 g/mol. The molecule has 0 atom stereocenters. The molecule has 0 radical (unpaired) electrons. The van der Waals surface area contributed by atoms with E-state index in [9.17, 15) is 39.6 Å². The van der Waals surface area contributed by atoms with E-state index in [1.165, 1.54) is 36.4 Å². The number of esters is 1. The third-order valence-corrected chi connectivity index (χ3v) is 8.61. The van der Waals surface area contributed by atoms with Crippen molar-refractivity contribution >= 4 is 16.0 Å². The monoisotopic (exact) mass is 621 g/mol. The molecule has 0 saturated heterocycles. The smallest absolute Gasteiger partial charge is 0.423 e. The number of hydrogen-bond donors (Lipinski definition) is 0. The lowest BCUT2D eigenvalue weighted by molar-refractivity contribution is -0.275. The summed E-state index contributed by atoms with van der Waals surface area (Å²) in [6.45, 7) is -0.188. The van der Waals surface area contributed by atoms with Gasteiger partial charge in [-0.2, -0.15) is 17.5 Å². The molecule has 0 N–H and O–H groups in total. The topological polar surface area (TPSA) is 72.9 Å². The van der Waals surface area contributed by atoms with Crippen LogP contribution in [-0.2, 0) is 29.2 Å². The molecule has 13 heteroatoms. The van der Waals surface area contributed by atoms with Gasteiger partial charge in [-0.1, -0.05) is 48.5 Å². The summed E-state index contributed by atoms with van der Waals surface area (Å²) < 4.78 is 114. The van der Waals surface area contributed by atoms with E-state index in [0.717, 1.165) is 28.6 Å². The number of benzene rings is 4. The van der Waals surface area contributed by atoms with Crippen molar-refractivity contribution in [1.29, 1.82) is 0 Å². The second-order valence-electron chi connectivity index (χ2n) is 9.52. The van der Waals surface area contributed by atoms with Gasteiger partial charge >= 0.3 is 18.5 Å². The Labute approximate surface area is 242 Å². The van der Waals surface area contributed by atoms with E-state index in [-0.39, 0.29) is 30.8 Å². The molecule has 1 heterocycles. The second kappa shape index (κ2) is 11.4. The van der Waals surface area contributed by atoms with Gasteiger partial charge in [-0.3, -0.25) is 0 Å². The average Bonchev–Trinajstić information content (AvgIpc) is 2.96. The molecule has 0 amide bonds. The molecule has 4 aromatic rings. The van der Waals surface area contributed by atoms with Crippen LogP contribution in [0.25, 0.3) is 11.1 Å². The summed E-state index contributed by atoms with van der Waals surface area (Å²) in [5.74, 6) is -1.43. The van der Waals surface area contributed by atoms with Gasteiger partial charge in [0.15, 0.2) is 0 Å². The number of sulfonamides is 1. The van der Waals surface area contributed by atoms with Gasteiger partial charge in [-0.25, -0.2) is 13.2 Å². The minimum absolute atomic E-state index is 0.0517. The van der Waals surface area contributed by atoms with Crippen molar-refractivity contribution in [3.8, 4) is 22.6 Å². The molecule has 0 aliphatic carbocycles. The number of rotatable bonds is 6. The number of ether oxygens (including phenoxy) is 2. The number of nitrogens with zero attached hydrogens (tertiary/aromatic N) is 1. The largest absolute Gasteiger partial charge is 0.573 e. The van der Waals surface area contributed by atoms with E-state index in [0.29, 0.717) is 22.3 Å². The van der Waals surface area contributed by atoms with E-state index < -0.39 is 44.7 Å². The molecule has 0 unspecified atom stereocenters. The highest BCUT2D eigenvalue weighted by molar-refractivity contribution is 7.89. The quantitative estimate of drug-likeness (QED) is 0.129. The second-order valence-corrected chi connectivity index (χ2v) is 11.4. The van der Waals surface area contributed by atoms with Crippen LogP contribution >= 0.6 is 0 Å². The first kappa shape index (κ1) is 30.1. The van der Waals surface area contributed by atoms with E-state index in [4.69, 9.17) is 4.74 Å². The maximum absolute atomic E-state index is 13.2. The zero-order chi connectivity index (χ0) is 31.0. The molecular formula is C30H21F6NO5S. The molecule has 0 bridgehead atoms. The Morgan fingerprint density at radius 1 is 0.791 bits per heavy atom. The Morgan fingerprint density at radius 2 is 1.47 bits per heavy atom. The van der Waals surface area contributed by atoms with Crippen LogP contribution in [0.15, 0.2) is 95.9 Å². The van der Waals surface area contributed by atoms with Crippen molar-refractivity contribution in [1.82, 2.24) is 4.31 Å². The van der Waals surface area contributed by atoms with Crippen LogP contribution in [0.2, 0.25) is 0 Å². The molecule has 1 aliphatic heterocycles.